The van der Waals surface area contributed by atoms with E-state index in [1.165, 1.54) is 23.3 Å². The summed E-state index contributed by atoms with van der Waals surface area (Å²) in [6.07, 6.45) is 12.1. The average Bonchev–Trinajstić information content (AvgIpc) is 3.38. The molecule has 2 aliphatic heterocycles. The minimum Gasteiger partial charge on any atom is -0.344 e. The van der Waals surface area contributed by atoms with Gasteiger partial charge in [0.1, 0.15) is 5.84 Å². The molecule has 2 saturated heterocycles. The molecule has 0 aliphatic carbocycles. The highest BCUT2D eigenvalue weighted by molar-refractivity contribution is 6.03. The smallest absolute Gasteiger partial charge is 0.159 e. The molecule has 2 atom stereocenters. The molecule has 2 aromatic carbocycles. The second-order valence-electron chi connectivity index (χ2n) is 10.5. The first-order valence-corrected chi connectivity index (χ1v) is 14.5. The number of hydrogen-bond acceptors (Lipinski definition) is 2. The van der Waals surface area contributed by atoms with Crippen molar-refractivity contribution in [1.82, 2.24) is 14.5 Å². The van der Waals surface area contributed by atoms with Gasteiger partial charge in [0.25, 0.3) is 0 Å². The molecule has 39 heavy (non-hydrogen) atoms. The molecule has 0 spiro atoms. The van der Waals surface area contributed by atoms with Crippen LogP contribution >= 0.6 is 0 Å². The monoisotopic (exact) mass is 532 g/mol. The van der Waals surface area contributed by atoms with Gasteiger partial charge in [-0.25, -0.2) is 13.8 Å². The third-order valence-electron chi connectivity index (χ3n) is 8.02. The standard InChI is InChI=1S/C31H36F2N4.C2H6/c1-5-23-16-22(9-14-29(23)36-19-21(3)35-20-36)17-24-10-12-26-8-7-15-31(4,37(26)30(24)34-6-2)25-11-13-27(32)28(33)18-25;1-2/h9,11,13-14,16-20,26H,5-8,10,12,15H2,1-4H3;1-2H3/b24-17+,34-30?;. The van der Waals surface area contributed by atoms with E-state index < -0.39 is 17.2 Å². The molecule has 0 saturated carbocycles. The van der Waals surface area contributed by atoms with Gasteiger partial charge in [0.05, 0.1) is 17.6 Å². The highest BCUT2D eigenvalue weighted by Crippen LogP contribution is 2.45. The van der Waals surface area contributed by atoms with Crippen molar-refractivity contribution in [3.63, 3.8) is 0 Å². The Morgan fingerprint density at radius 2 is 1.87 bits per heavy atom. The molecular weight excluding hydrogens is 490 g/mol. The fourth-order valence-electron chi connectivity index (χ4n) is 6.17. The zero-order valence-corrected chi connectivity index (χ0v) is 24.3. The fourth-order valence-corrected chi connectivity index (χ4v) is 6.17. The summed E-state index contributed by atoms with van der Waals surface area (Å²) >= 11 is 0. The molecule has 2 fully saturated rings. The third kappa shape index (κ3) is 5.70. The maximum atomic E-state index is 14.3. The van der Waals surface area contributed by atoms with Gasteiger partial charge in [-0.2, -0.15) is 0 Å². The molecular formula is C33H42F2N4. The Kier molecular flexibility index (Phi) is 9.04. The number of rotatable bonds is 5. The first-order valence-electron chi connectivity index (χ1n) is 14.5. The first kappa shape index (κ1) is 28.7. The van der Waals surface area contributed by atoms with Crippen LogP contribution < -0.4 is 0 Å². The fraction of sp³-hybridized carbons (Fsp3) is 0.455. The van der Waals surface area contributed by atoms with Crippen LogP contribution in [0, 0.1) is 18.6 Å². The first-order chi connectivity index (χ1) is 18.8. The SMILES string of the molecule is CC.CCN=C1/C(=C/c2ccc(-n3cnc(C)c3)c(CC)c2)CCC2CCCC(C)(c3ccc(F)c(F)c3)N12. The number of imidazole rings is 1. The van der Waals surface area contributed by atoms with Crippen molar-refractivity contribution in [1.29, 1.82) is 0 Å². The van der Waals surface area contributed by atoms with Gasteiger partial charge in [0.15, 0.2) is 11.6 Å². The van der Waals surface area contributed by atoms with E-state index in [9.17, 15) is 8.78 Å². The maximum absolute atomic E-state index is 14.3. The van der Waals surface area contributed by atoms with Gasteiger partial charge in [0, 0.05) is 24.5 Å². The zero-order chi connectivity index (χ0) is 28.2. The Balaban J connectivity index is 0.00000172. The quantitative estimate of drug-likeness (QED) is 0.330. The van der Waals surface area contributed by atoms with Gasteiger partial charge in [-0.1, -0.05) is 32.9 Å². The molecule has 208 valence electrons. The van der Waals surface area contributed by atoms with Crippen LogP contribution in [0.15, 0.2) is 59.5 Å². The number of hydrogen-bond donors (Lipinski definition) is 0. The number of halogens is 2. The van der Waals surface area contributed by atoms with Crippen molar-refractivity contribution in [3.05, 3.63) is 88.5 Å². The summed E-state index contributed by atoms with van der Waals surface area (Å²) in [6, 6.07) is 11.3. The molecule has 0 bridgehead atoms. The van der Waals surface area contributed by atoms with Crippen LogP contribution in [0.1, 0.15) is 89.1 Å². The Labute approximate surface area is 232 Å². The van der Waals surface area contributed by atoms with E-state index >= 15 is 0 Å². The van der Waals surface area contributed by atoms with Crippen LogP contribution in [0.3, 0.4) is 0 Å². The average molecular weight is 533 g/mol. The van der Waals surface area contributed by atoms with Crippen LogP contribution in [-0.2, 0) is 12.0 Å². The number of aliphatic imine (C=N–C) groups is 1. The lowest BCUT2D eigenvalue weighted by Crippen LogP contribution is -2.58. The number of nitrogens with zero attached hydrogens (tertiary/aromatic N) is 4. The molecule has 0 radical (unpaired) electrons. The van der Waals surface area contributed by atoms with E-state index in [1.807, 2.05) is 27.1 Å². The van der Waals surface area contributed by atoms with Crippen molar-refractivity contribution in [2.75, 3.05) is 6.54 Å². The Bertz CT molecular complexity index is 1360. The van der Waals surface area contributed by atoms with E-state index in [0.717, 1.165) is 66.9 Å². The maximum Gasteiger partial charge on any atom is 0.159 e. The molecule has 2 aliphatic rings. The molecule has 3 aromatic rings. The molecule has 0 N–H and O–H groups in total. The van der Waals surface area contributed by atoms with Crippen LogP contribution in [0.4, 0.5) is 8.78 Å². The van der Waals surface area contributed by atoms with Crippen LogP contribution in [0.2, 0.25) is 0 Å². The van der Waals surface area contributed by atoms with E-state index in [0.29, 0.717) is 12.6 Å². The third-order valence-corrected chi connectivity index (χ3v) is 8.02. The summed E-state index contributed by atoms with van der Waals surface area (Å²) in [5.41, 5.74) is 6.15. The van der Waals surface area contributed by atoms with Gasteiger partial charge in [0.2, 0.25) is 0 Å². The van der Waals surface area contributed by atoms with Gasteiger partial charge in [-0.3, -0.25) is 4.99 Å². The van der Waals surface area contributed by atoms with Gasteiger partial charge in [-0.05, 0) is 112 Å². The lowest BCUT2D eigenvalue weighted by atomic mass is 9.75. The van der Waals surface area contributed by atoms with Crippen LogP contribution in [0.25, 0.3) is 11.8 Å². The van der Waals surface area contributed by atoms with Crippen molar-refractivity contribution in [2.24, 2.45) is 4.99 Å². The number of aromatic nitrogens is 2. The van der Waals surface area contributed by atoms with Crippen LogP contribution in [-0.4, -0.2) is 32.9 Å². The lowest BCUT2D eigenvalue weighted by Gasteiger charge is -2.54. The second-order valence-corrected chi connectivity index (χ2v) is 10.5. The predicted octanol–water partition coefficient (Wildman–Crippen LogP) is 8.41. The van der Waals surface area contributed by atoms with E-state index in [1.54, 1.807) is 6.07 Å². The Morgan fingerprint density at radius 1 is 1.08 bits per heavy atom. The normalized spacial score (nSPS) is 23.0. The Hall–Kier alpha value is -3.28. The highest BCUT2D eigenvalue weighted by Gasteiger charge is 2.45. The number of fused-ring (bicyclic) bond motifs is 1. The summed E-state index contributed by atoms with van der Waals surface area (Å²) in [5, 5.41) is 0. The summed E-state index contributed by atoms with van der Waals surface area (Å²) in [7, 11) is 0. The van der Waals surface area contributed by atoms with Crippen molar-refractivity contribution < 1.29 is 8.78 Å². The zero-order valence-electron chi connectivity index (χ0n) is 24.3. The van der Waals surface area contributed by atoms with Crippen molar-refractivity contribution in [3.8, 4) is 5.69 Å². The summed E-state index contributed by atoms with van der Waals surface area (Å²) in [5.74, 6) is -0.594. The van der Waals surface area contributed by atoms with E-state index in [2.05, 4.69) is 65.7 Å². The molecule has 0 amide bonds. The predicted molar refractivity (Wildman–Crippen MR) is 157 cm³/mol. The second kappa shape index (κ2) is 12.3. The molecule has 1 aromatic heterocycles. The van der Waals surface area contributed by atoms with Crippen LogP contribution in [0.5, 0.6) is 0 Å². The minimum atomic E-state index is -0.803. The van der Waals surface area contributed by atoms with Crippen molar-refractivity contribution >= 4 is 11.9 Å². The number of aryl methyl sites for hydroxylation is 2. The topological polar surface area (TPSA) is 33.4 Å². The van der Waals surface area contributed by atoms with Gasteiger partial charge in [-0.15, -0.1) is 0 Å². The number of piperidine rings is 2. The number of amidine groups is 1. The molecule has 5 rings (SSSR count). The van der Waals surface area contributed by atoms with E-state index in [4.69, 9.17) is 4.99 Å². The lowest BCUT2D eigenvalue weighted by molar-refractivity contribution is 0.0680. The van der Waals surface area contributed by atoms with Gasteiger partial charge < -0.3 is 9.47 Å². The van der Waals surface area contributed by atoms with Crippen molar-refractivity contribution in [2.45, 2.75) is 91.6 Å². The minimum absolute atomic E-state index is 0.340. The summed E-state index contributed by atoms with van der Waals surface area (Å²) in [4.78, 5) is 11.8. The Morgan fingerprint density at radius 3 is 2.54 bits per heavy atom. The molecule has 3 heterocycles. The molecule has 4 nitrogen and oxygen atoms in total. The largest absolute Gasteiger partial charge is 0.344 e. The number of benzene rings is 2. The molecule has 2 unspecified atom stereocenters. The van der Waals surface area contributed by atoms with Gasteiger partial charge >= 0.3 is 0 Å². The molecule has 6 heteroatoms. The highest BCUT2D eigenvalue weighted by atomic mass is 19.2. The summed E-state index contributed by atoms with van der Waals surface area (Å²) in [6.45, 7) is 13.1. The van der Waals surface area contributed by atoms with E-state index in [-0.39, 0.29) is 0 Å². The summed E-state index contributed by atoms with van der Waals surface area (Å²) < 4.78 is 30.2.